The van der Waals surface area contributed by atoms with Gasteiger partial charge in [-0.05, 0) is 12.2 Å². The van der Waals surface area contributed by atoms with Crippen LogP contribution in [-0.2, 0) is 16.3 Å². The van der Waals surface area contributed by atoms with E-state index in [2.05, 4.69) is 0 Å². The fourth-order valence-corrected chi connectivity index (χ4v) is 2.56. The van der Waals surface area contributed by atoms with Gasteiger partial charge in [0.1, 0.15) is 0 Å². The molecule has 0 aromatic heterocycles. The fraction of sp³-hybridized carbons (Fsp3) is 0.250. The van der Waals surface area contributed by atoms with E-state index in [0.717, 1.165) is 0 Å². The number of hydrogen-bond donors (Lipinski definition) is 0. The van der Waals surface area contributed by atoms with Crippen LogP contribution in [0.25, 0.3) is 0 Å². The summed E-state index contributed by atoms with van der Waals surface area (Å²) >= 11 is 4.84. The molecule has 0 amide bonds. The molecule has 0 saturated carbocycles. The zero-order chi connectivity index (χ0) is 9.03. The molecule has 0 spiro atoms. The van der Waals surface area contributed by atoms with Crippen LogP contribution in [-0.4, -0.2) is 6.61 Å². The van der Waals surface area contributed by atoms with Gasteiger partial charge < -0.3 is 9.42 Å². The van der Waals surface area contributed by atoms with Crippen molar-refractivity contribution in [3.05, 3.63) is 30.3 Å². The molecule has 0 bridgehead atoms. The number of hydrogen-bond acceptors (Lipinski definition) is 3. The van der Waals surface area contributed by atoms with E-state index in [1.54, 1.807) is 31.2 Å². The molecule has 66 valence electrons. The Balaban J connectivity index is 0.00000144. The normalized spacial score (nSPS) is 14.3. The van der Waals surface area contributed by atoms with Crippen LogP contribution in [0.3, 0.4) is 0 Å². The first-order chi connectivity index (χ1) is 5.67. The predicted octanol–water partition coefficient (Wildman–Crippen LogP) is -1.98. The van der Waals surface area contributed by atoms with E-state index in [1.807, 2.05) is 6.07 Å². The van der Waals surface area contributed by atoms with Gasteiger partial charge in [0, 0.05) is 13.1 Å². The maximum Gasteiger partial charge on any atom is 1.00 e. The van der Waals surface area contributed by atoms with E-state index in [-0.39, 0.29) is 51.4 Å². The Morgan fingerprint density at radius 1 is 1.38 bits per heavy atom. The first-order valence-electron chi connectivity index (χ1n) is 3.68. The summed E-state index contributed by atoms with van der Waals surface area (Å²) in [6.07, 6.45) is 0. The third-order valence-corrected chi connectivity index (χ3v) is 3.85. The molecular formula is C8H10KO2PS. The molecule has 0 fully saturated rings. The minimum Gasteiger partial charge on any atom is -0.797 e. The maximum absolute atomic E-state index is 11.6. The molecule has 1 rings (SSSR count). The minimum absolute atomic E-state index is 0. The van der Waals surface area contributed by atoms with Gasteiger partial charge in [0.25, 0.3) is 0 Å². The SMILES string of the molecule is CCOP([O-])(=S)c1ccccc1.[K+]. The third-order valence-electron chi connectivity index (χ3n) is 1.37. The molecule has 0 aliphatic rings. The smallest absolute Gasteiger partial charge is 0.797 e. The van der Waals surface area contributed by atoms with E-state index in [4.69, 9.17) is 16.3 Å². The van der Waals surface area contributed by atoms with Crippen molar-refractivity contribution >= 4 is 23.6 Å². The average Bonchev–Trinajstić information content (AvgIpc) is 2.06. The van der Waals surface area contributed by atoms with E-state index in [1.165, 1.54) is 0 Å². The van der Waals surface area contributed by atoms with Gasteiger partial charge in [-0.3, -0.25) is 0 Å². The summed E-state index contributed by atoms with van der Waals surface area (Å²) in [6, 6.07) is 8.90. The molecule has 2 nitrogen and oxygen atoms in total. The second-order valence-electron chi connectivity index (χ2n) is 2.25. The molecule has 0 aliphatic carbocycles. The van der Waals surface area contributed by atoms with Crippen molar-refractivity contribution in [2.75, 3.05) is 6.61 Å². The largest absolute Gasteiger partial charge is 1.00 e. The van der Waals surface area contributed by atoms with Crippen LogP contribution in [0.15, 0.2) is 30.3 Å². The van der Waals surface area contributed by atoms with E-state index < -0.39 is 6.49 Å². The minimum atomic E-state index is -2.96. The summed E-state index contributed by atoms with van der Waals surface area (Å²) < 4.78 is 4.99. The van der Waals surface area contributed by atoms with Crippen molar-refractivity contribution in [3.8, 4) is 0 Å². The van der Waals surface area contributed by atoms with Crippen molar-refractivity contribution in [2.24, 2.45) is 0 Å². The van der Waals surface area contributed by atoms with Crippen LogP contribution in [0.1, 0.15) is 6.92 Å². The summed E-state index contributed by atoms with van der Waals surface area (Å²) in [5, 5.41) is 0.599. The Kier molecular flexibility index (Phi) is 7.58. The zero-order valence-corrected chi connectivity index (χ0v) is 12.6. The molecule has 0 N–H and O–H groups in total. The summed E-state index contributed by atoms with van der Waals surface area (Å²) in [5.41, 5.74) is 0. The third kappa shape index (κ3) is 4.65. The van der Waals surface area contributed by atoms with Crippen LogP contribution < -0.4 is 61.6 Å². The molecule has 1 aromatic carbocycles. The Bertz CT molecular complexity index is 291. The maximum atomic E-state index is 11.6. The Labute approximate surface area is 126 Å². The van der Waals surface area contributed by atoms with Crippen molar-refractivity contribution in [3.63, 3.8) is 0 Å². The van der Waals surface area contributed by atoms with Crippen LogP contribution >= 0.6 is 6.49 Å². The number of rotatable bonds is 3. The second kappa shape index (κ2) is 6.83. The molecule has 13 heavy (non-hydrogen) atoms. The van der Waals surface area contributed by atoms with Crippen LogP contribution in [0.4, 0.5) is 0 Å². The molecule has 1 atom stereocenters. The molecule has 0 heterocycles. The van der Waals surface area contributed by atoms with E-state index in [9.17, 15) is 4.89 Å². The van der Waals surface area contributed by atoms with Gasteiger partial charge in [-0.2, -0.15) is 0 Å². The first kappa shape index (κ1) is 14.4. The van der Waals surface area contributed by atoms with Crippen molar-refractivity contribution < 1.29 is 60.8 Å². The Morgan fingerprint density at radius 3 is 2.38 bits per heavy atom. The molecule has 0 radical (unpaired) electrons. The average molecular weight is 240 g/mol. The quantitative estimate of drug-likeness (QED) is 0.453. The number of benzene rings is 1. The molecule has 1 aromatic rings. The van der Waals surface area contributed by atoms with Gasteiger partial charge in [-0.25, -0.2) is 0 Å². The summed E-state index contributed by atoms with van der Waals surface area (Å²) in [4.78, 5) is 11.6. The van der Waals surface area contributed by atoms with E-state index >= 15 is 0 Å². The van der Waals surface area contributed by atoms with Gasteiger partial charge >= 0.3 is 51.4 Å². The Morgan fingerprint density at radius 2 is 1.92 bits per heavy atom. The Hall–Kier alpha value is 1.43. The van der Waals surface area contributed by atoms with Crippen LogP contribution in [0, 0.1) is 0 Å². The summed E-state index contributed by atoms with van der Waals surface area (Å²) in [7, 11) is 0. The van der Waals surface area contributed by atoms with Crippen LogP contribution in [0.2, 0.25) is 0 Å². The van der Waals surface area contributed by atoms with Gasteiger partial charge in [0.2, 0.25) is 0 Å². The van der Waals surface area contributed by atoms with Crippen molar-refractivity contribution in [1.82, 2.24) is 0 Å². The molecule has 1 unspecified atom stereocenters. The summed E-state index contributed by atoms with van der Waals surface area (Å²) in [5.74, 6) is 0. The van der Waals surface area contributed by atoms with Gasteiger partial charge in [-0.1, -0.05) is 42.1 Å². The fourth-order valence-electron chi connectivity index (χ4n) is 0.855. The van der Waals surface area contributed by atoms with Crippen molar-refractivity contribution in [1.29, 1.82) is 0 Å². The van der Waals surface area contributed by atoms with Gasteiger partial charge in [0.15, 0.2) is 0 Å². The second-order valence-corrected chi connectivity index (χ2v) is 5.46. The predicted molar refractivity (Wildman–Crippen MR) is 52.0 cm³/mol. The first-order valence-corrected chi connectivity index (χ1v) is 6.32. The molecule has 5 heteroatoms. The topological polar surface area (TPSA) is 32.3 Å². The molecular weight excluding hydrogens is 230 g/mol. The standard InChI is InChI=1S/C8H11O2PS.K/c1-2-10-11(9,12)8-6-4-3-5-7-8;/h3-7H,2H2,1H3,(H,9,12);/q;+1/p-1. The summed E-state index contributed by atoms with van der Waals surface area (Å²) in [6.45, 7) is -0.797. The van der Waals surface area contributed by atoms with Gasteiger partial charge in [0.05, 0.1) is 0 Å². The van der Waals surface area contributed by atoms with Gasteiger partial charge in [-0.15, -0.1) is 0 Å². The monoisotopic (exact) mass is 240 g/mol. The van der Waals surface area contributed by atoms with Crippen molar-refractivity contribution in [2.45, 2.75) is 6.92 Å². The zero-order valence-electron chi connectivity index (χ0n) is 7.77. The molecule has 0 saturated heterocycles. The molecule has 0 aliphatic heterocycles. The van der Waals surface area contributed by atoms with E-state index in [0.29, 0.717) is 11.9 Å². The van der Waals surface area contributed by atoms with Crippen LogP contribution in [0.5, 0.6) is 0 Å².